The van der Waals surface area contributed by atoms with Gasteiger partial charge < -0.3 is 0 Å². The molecule has 3 nitrogen and oxygen atoms in total. The third-order valence-electron chi connectivity index (χ3n) is 3.09. The summed E-state index contributed by atoms with van der Waals surface area (Å²) in [5.41, 5.74) is 0. The van der Waals surface area contributed by atoms with E-state index in [2.05, 4.69) is 34.5 Å². The largest absolute Gasteiger partial charge is 0.221 e. The molecular weight excluding hydrogens is 266 g/mol. The van der Waals surface area contributed by atoms with Crippen LogP contribution in [0.2, 0.25) is 0 Å². The molecule has 0 spiro atoms. The zero-order valence-corrected chi connectivity index (χ0v) is 11.1. The summed E-state index contributed by atoms with van der Waals surface area (Å²) in [7, 11) is -3.09. The highest BCUT2D eigenvalue weighted by Crippen LogP contribution is 2.29. The first-order chi connectivity index (χ1) is 6.44. The highest BCUT2D eigenvalue weighted by atomic mass is 79.9. The number of rotatable bonds is 3. The van der Waals surface area contributed by atoms with Crippen molar-refractivity contribution in [3.8, 4) is 0 Å². The van der Waals surface area contributed by atoms with Crippen LogP contribution in [0, 0.1) is 11.8 Å². The van der Waals surface area contributed by atoms with Gasteiger partial charge in [0.25, 0.3) is 0 Å². The number of hydrogen-bond donors (Lipinski definition) is 1. The Bertz CT molecular complexity index is 279. The van der Waals surface area contributed by atoms with E-state index in [1.54, 1.807) is 0 Å². The van der Waals surface area contributed by atoms with Crippen molar-refractivity contribution in [1.82, 2.24) is 4.72 Å². The molecule has 1 fully saturated rings. The smallest absolute Gasteiger partial charge is 0.212 e. The first kappa shape index (κ1) is 12.5. The van der Waals surface area contributed by atoms with Gasteiger partial charge in [0.1, 0.15) is 4.66 Å². The van der Waals surface area contributed by atoms with E-state index in [1.165, 1.54) is 0 Å². The third kappa shape index (κ3) is 3.51. The summed E-state index contributed by atoms with van der Waals surface area (Å²) in [6.45, 7) is 4.43. The lowest BCUT2D eigenvalue weighted by molar-refractivity contribution is 0.242. The van der Waals surface area contributed by atoms with Crippen LogP contribution in [0.15, 0.2) is 0 Å². The SMILES string of the molecule is CC1CCC(NS(=O)(=O)CBr)CC1C. The van der Waals surface area contributed by atoms with E-state index in [9.17, 15) is 8.42 Å². The number of hydrogen-bond acceptors (Lipinski definition) is 2. The molecule has 1 aliphatic carbocycles. The average molecular weight is 284 g/mol. The Labute approximate surface area is 94.8 Å². The Balaban J connectivity index is 2.48. The normalized spacial score (nSPS) is 34.4. The molecule has 3 atom stereocenters. The monoisotopic (exact) mass is 283 g/mol. The van der Waals surface area contributed by atoms with Gasteiger partial charge in [0.2, 0.25) is 10.0 Å². The fourth-order valence-corrected chi connectivity index (χ4v) is 3.12. The van der Waals surface area contributed by atoms with Gasteiger partial charge in [-0.05, 0) is 31.1 Å². The second-order valence-electron chi connectivity index (χ2n) is 4.31. The van der Waals surface area contributed by atoms with Crippen LogP contribution in [0.25, 0.3) is 0 Å². The zero-order valence-electron chi connectivity index (χ0n) is 8.66. The maximum absolute atomic E-state index is 11.3. The molecular formula is C9H18BrNO2S. The summed E-state index contributed by atoms with van der Waals surface area (Å²) in [6.07, 6.45) is 3.06. The molecule has 0 amide bonds. The molecule has 0 bridgehead atoms. The summed E-state index contributed by atoms with van der Waals surface area (Å²) >= 11 is 2.97. The van der Waals surface area contributed by atoms with Gasteiger partial charge in [-0.3, -0.25) is 0 Å². The molecule has 1 rings (SSSR count). The van der Waals surface area contributed by atoms with Crippen LogP contribution >= 0.6 is 15.9 Å². The Morgan fingerprint density at radius 3 is 2.43 bits per heavy atom. The minimum atomic E-state index is -3.09. The van der Waals surface area contributed by atoms with Gasteiger partial charge in [-0.1, -0.05) is 29.8 Å². The van der Waals surface area contributed by atoms with Gasteiger partial charge in [-0.2, -0.15) is 0 Å². The van der Waals surface area contributed by atoms with Crippen LogP contribution in [0.1, 0.15) is 33.1 Å². The zero-order chi connectivity index (χ0) is 10.8. The standard InChI is InChI=1S/C9H18BrNO2S/c1-7-3-4-9(5-8(7)2)11-14(12,13)6-10/h7-9,11H,3-6H2,1-2H3. The van der Waals surface area contributed by atoms with Crippen molar-refractivity contribution in [2.75, 3.05) is 4.66 Å². The molecule has 5 heteroatoms. The molecule has 0 saturated heterocycles. The number of alkyl halides is 1. The molecule has 1 N–H and O–H groups in total. The molecule has 1 saturated carbocycles. The van der Waals surface area contributed by atoms with E-state index in [4.69, 9.17) is 0 Å². The summed E-state index contributed by atoms with van der Waals surface area (Å²) in [5, 5.41) is 0. The van der Waals surface area contributed by atoms with Crippen LogP contribution in [0.3, 0.4) is 0 Å². The molecule has 14 heavy (non-hydrogen) atoms. The fourth-order valence-electron chi connectivity index (χ4n) is 1.94. The minimum absolute atomic E-state index is 0.000431. The lowest BCUT2D eigenvalue weighted by Crippen LogP contribution is -2.40. The van der Waals surface area contributed by atoms with E-state index in [0.29, 0.717) is 5.92 Å². The molecule has 1 aliphatic rings. The van der Waals surface area contributed by atoms with Gasteiger partial charge in [0, 0.05) is 6.04 Å². The van der Waals surface area contributed by atoms with Crippen molar-refractivity contribution in [3.05, 3.63) is 0 Å². The fraction of sp³-hybridized carbons (Fsp3) is 1.00. The molecule has 0 aromatic rings. The van der Waals surface area contributed by atoms with Gasteiger partial charge in [-0.15, -0.1) is 0 Å². The van der Waals surface area contributed by atoms with E-state index in [-0.39, 0.29) is 10.7 Å². The Hall–Kier alpha value is 0.390. The lowest BCUT2D eigenvalue weighted by atomic mass is 9.79. The number of nitrogens with one attached hydrogen (secondary N) is 1. The maximum Gasteiger partial charge on any atom is 0.221 e. The average Bonchev–Trinajstić information content (AvgIpc) is 2.11. The first-order valence-corrected chi connectivity index (χ1v) is 7.78. The van der Waals surface area contributed by atoms with E-state index >= 15 is 0 Å². The molecule has 3 unspecified atom stereocenters. The van der Waals surface area contributed by atoms with E-state index in [1.807, 2.05) is 0 Å². The highest BCUT2D eigenvalue weighted by Gasteiger charge is 2.26. The van der Waals surface area contributed by atoms with Crippen molar-refractivity contribution in [1.29, 1.82) is 0 Å². The maximum atomic E-state index is 11.3. The van der Waals surface area contributed by atoms with Crippen molar-refractivity contribution >= 4 is 26.0 Å². The quantitative estimate of drug-likeness (QED) is 0.807. The summed E-state index contributed by atoms with van der Waals surface area (Å²) in [4.78, 5) is 0. The molecule has 0 aliphatic heterocycles. The highest BCUT2D eigenvalue weighted by molar-refractivity contribution is 9.10. The van der Waals surface area contributed by atoms with Gasteiger partial charge in [-0.25, -0.2) is 13.1 Å². The molecule has 0 aromatic carbocycles. The lowest BCUT2D eigenvalue weighted by Gasteiger charge is -2.32. The molecule has 0 heterocycles. The minimum Gasteiger partial charge on any atom is -0.212 e. The molecule has 0 radical (unpaired) electrons. The van der Waals surface area contributed by atoms with Gasteiger partial charge in [0.15, 0.2) is 0 Å². The Kier molecular flexibility index (Phi) is 4.40. The Morgan fingerprint density at radius 1 is 1.29 bits per heavy atom. The predicted molar refractivity (Wildman–Crippen MR) is 61.8 cm³/mol. The third-order valence-corrected chi connectivity index (χ3v) is 5.88. The summed E-state index contributed by atoms with van der Waals surface area (Å²) in [6, 6.07) is 0.142. The van der Waals surface area contributed by atoms with Crippen molar-refractivity contribution in [2.45, 2.75) is 39.2 Å². The first-order valence-electron chi connectivity index (χ1n) is 5.00. The Morgan fingerprint density at radius 2 is 1.93 bits per heavy atom. The summed E-state index contributed by atoms with van der Waals surface area (Å²) in [5.74, 6) is 1.34. The second-order valence-corrected chi connectivity index (χ2v) is 7.36. The van der Waals surface area contributed by atoms with Crippen molar-refractivity contribution in [2.24, 2.45) is 11.8 Å². The van der Waals surface area contributed by atoms with E-state index < -0.39 is 10.0 Å². The van der Waals surface area contributed by atoms with Crippen LogP contribution in [-0.2, 0) is 10.0 Å². The molecule has 84 valence electrons. The molecule has 0 aromatic heterocycles. The van der Waals surface area contributed by atoms with Crippen molar-refractivity contribution in [3.63, 3.8) is 0 Å². The van der Waals surface area contributed by atoms with Crippen molar-refractivity contribution < 1.29 is 8.42 Å². The van der Waals surface area contributed by atoms with Crippen LogP contribution in [-0.4, -0.2) is 19.1 Å². The van der Waals surface area contributed by atoms with Gasteiger partial charge >= 0.3 is 0 Å². The second kappa shape index (κ2) is 4.94. The van der Waals surface area contributed by atoms with Crippen LogP contribution in [0.5, 0.6) is 0 Å². The number of sulfonamides is 1. The van der Waals surface area contributed by atoms with Gasteiger partial charge in [0.05, 0.1) is 0 Å². The predicted octanol–water partition coefficient (Wildman–Crippen LogP) is 2.08. The summed E-state index contributed by atoms with van der Waals surface area (Å²) < 4.78 is 25.3. The van der Waals surface area contributed by atoms with E-state index in [0.717, 1.165) is 25.2 Å². The number of halogens is 1. The van der Waals surface area contributed by atoms with Crippen LogP contribution in [0.4, 0.5) is 0 Å². The van der Waals surface area contributed by atoms with Crippen LogP contribution < -0.4 is 4.72 Å². The topological polar surface area (TPSA) is 46.2 Å².